The Balaban J connectivity index is 1.50. The number of likely N-dealkylation sites (tertiary alicyclic amines) is 1. The number of hydrogen-bond acceptors (Lipinski definition) is 5. The van der Waals surface area contributed by atoms with Gasteiger partial charge in [0.05, 0.1) is 30.2 Å². The summed E-state index contributed by atoms with van der Waals surface area (Å²) in [6, 6.07) is 7.40. The summed E-state index contributed by atoms with van der Waals surface area (Å²) < 4.78 is 35.0. The number of fused-ring (bicyclic) bond motifs is 1. The van der Waals surface area contributed by atoms with Crippen LogP contribution >= 0.6 is 0 Å². The normalized spacial score (nSPS) is 19.3. The van der Waals surface area contributed by atoms with Gasteiger partial charge >= 0.3 is 6.09 Å². The molecule has 7 nitrogen and oxygen atoms in total. The van der Waals surface area contributed by atoms with E-state index in [1.54, 1.807) is 55.8 Å². The third-order valence-corrected chi connectivity index (χ3v) is 4.72. The fourth-order valence-corrected chi connectivity index (χ4v) is 3.37. The highest BCUT2D eigenvalue weighted by molar-refractivity contribution is 5.69. The summed E-state index contributed by atoms with van der Waals surface area (Å²) in [4.78, 5) is 22.3. The minimum atomic E-state index is -1.25. The summed E-state index contributed by atoms with van der Waals surface area (Å²) in [5.41, 5.74) is 1.13. The van der Waals surface area contributed by atoms with Crippen molar-refractivity contribution in [2.75, 3.05) is 18.4 Å². The van der Waals surface area contributed by atoms with Crippen molar-refractivity contribution < 1.29 is 18.3 Å². The molecule has 30 heavy (non-hydrogen) atoms. The second kappa shape index (κ2) is 7.55. The monoisotopic (exact) mass is 415 g/mol. The van der Waals surface area contributed by atoms with Gasteiger partial charge in [0, 0.05) is 18.8 Å². The van der Waals surface area contributed by atoms with E-state index < -0.39 is 23.9 Å². The molecule has 0 aromatic carbocycles. The number of ether oxygens (including phenoxy) is 1. The molecule has 1 fully saturated rings. The first-order valence-corrected chi connectivity index (χ1v) is 9.68. The molecular weight excluding hydrogens is 392 g/mol. The van der Waals surface area contributed by atoms with E-state index in [0.717, 1.165) is 0 Å². The Morgan fingerprint density at radius 3 is 2.83 bits per heavy atom. The van der Waals surface area contributed by atoms with Crippen molar-refractivity contribution in [2.45, 2.75) is 38.6 Å². The zero-order valence-corrected chi connectivity index (χ0v) is 17.0. The highest BCUT2D eigenvalue weighted by Crippen LogP contribution is 2.24. The first-order valence-electron chi connectivity index (χ1n) is 9.68. The largest absolute Gasteiger partial charge is 0.444 e. The Morgan fingerprint density at radius 2 is 2.07 bits per heavy atom. The number of rotatable bonds is 3. The van der Waals surface area contributed by atoms with E-state index in [4.69, 9.17) is 4.74 Å². The molecule has 3 aromatic rings. The van der Waals surface area contributed by atoms with E-state index >= 15 is 0 Å². The SMILES string of the molecule is CC(C)(C)OC(=O)N1C[C@H](Nc2cccc(-c3cnc4cc(F)ccn34)n2)[C@@H](F)C1. The molecule has 1 amide bonds. The Morgan fingerprint density at radius 1 is 1.27 bits per heavy atom. The molecule has 1 aliphatic heterocycles. The molecule has 9 heteroatoms. The van der Waals surface area contributed by atoms with Gasteiger partial charge in [-0.15, -0.1) is 0 Å². The maximum Gasteiger partial charge on any atom is 0.410 e. The third kappa shape index (κ3) is 4.19. The number of aromatic nitrogens is 3. The van der Waals surface area contributed by atoms with Crippen molar-refractivity contribution in [1.29, 1.82) is 0 Å². The lowest BCUT2D eigenvalue weighted by atomic mass is 10.2. The summed E-state index contributed by atoms with van der Waals surface area (Å²) >= 11 is 0. The predicted molar refractivity (Wildman–Crippen MR) is 108 cm³/mol. The number of amides is 1. The van der Waals surface area contributed by atoms with E-state index in [1.807, 2.05) is 0 Å². The van der Waals surface area contributed by atoms with Gasteiger partial charge in [-0.25, -0.2) is 23.5 Å². The molecule has 1 saturated heterocycles. The molecule has 0 bridgehead atoms. The number of hydrogen-bond donors (Lipinski definition) is 1. The van der Waals surface area contributed by atoms with Crippen molar-refractivity contribution >= 4 is 17.6 Å². The van der Waals surface area contributed by atoms with Crippen LogP contribution < -0.4 is 5.32 Å². The number of carbonyl (C=O) groups excluding carboxylic acids is 1. The maximum atomic E-state index is 14.5. The van der Waals surface area contributed by atoms with Gasteiger partial charge in [0.2, 0.25) is 0 Å². The van der Waals surface area contributed by atoms with Crippen molar-refractivity contribution in [3.05, 3.63) is 48.5 Å². The van der Waals surface area contributed by atoms with Crippen molar-refractivity contribution in [3.63, 3.8) is 0 Å². The topological polar surface area (TPSA) is 71.8 Å². The van der Waals surface area contributed by atoms with E-state index in [2.05, 4.69) is 15.3 Å². The molecule has 0 aliphatic carbocycles. The summed E-state index contributed by atoms with van der Waals surface area (Å²) in [7, 11) is 0. The molecule has 158 valence electrons. The number of halogens is 2. The Bertz CT molecular complexity index is 1080. The van der Waals surface area contributed by atoms with Crippen LogP contribution in [0.3, 0.4) is 0 Å². The van der Waals surface area contributed by atoms with Gasteiger partial charge in [-0.3, -0.25) is 4.40 Å². The van der Waals surface area contributed by atoms with Crippen LogP contribution in [0.5, 0.6) is 0 Å². The number of nitrogens with one attached hydrogen (secondary N) is 1. The molecule has 0 unspecified atom stereocenters. The second-order valence-electron chi connectivity index (χ2n) is 8.28. The fraction of sp³-hybridized carbons (Fsp3) is 0.381. The maximum absolute atomic E-state index is 14.5. The van der Waals surface area contributed by atoms with Gasteiger partial charge < -0.3 is 15.0 Å². The molecule has 0 radical (unpaired) electrons. The van der Waals surface area contributed by atoms with Crippen LogP contribution in [0.1, 0.15) is 20.8 Å². The lowest BCUT2D eigenvalue weighted by Gasteiger charge is -2.24. The first kappa shape index (κ1) is 20.1. The number of imidazole rings is 1. The van der Waals surface area contributed by atoms with E-state index in [0.29, 0.717) is 22.9 Å². The molecule has 1 aliphatic rings. The van der Waals surface area contributed by atoms with Crippen LogP contribution in [0, 0.1) is 5.82 Å². The average Bonchev–Trinajstić information content (AvgIpc) is 3.24. The number of anilines is 1. The average molecular weight is 415 g/mol. The lowest BCUT2D eigenvalue weighted by molar-refractivity contribution is 0.0283. The zero-order valence-electron chi connectivity index (χ0n) is 17.0. The Kier molecular flexibility index (Phi) is 5.05. The fourth-order valence-electron chi connectivity index (χ4n) is 3.37. The third-order valence-electron chi connectivity index (χ3n) is 4.72. The second-order valence-corrected chi connectivity index (χ2v) is 8.28. The van der Waals surface area contributed by atoms with Gasteiger partial charge in [-0.1, -0.05) is 6.07 Å². The highest BCUT2D eigenvalue weighted by atomic mass is 19.1. The predicted octanol–water partition coefficient (Wildman–Crippen LogP) is 3.90. The molecular formula is C21H23F2N5O2. The Labute approximate surface area is 172 Å². The van der Waals surface area contributed by atoms with Crippen molar-refractivity contribution in [2.24, 2.45) is 0 Å². The zero-order chi connectivity index (χ0) is 21.5. The first-order chi connectivity index (χ1) is 14.2. The number of pyridine rings is 2. The minimum absolute atomic E-state index is 0.0366. The number of alkyl halides is 1. The van der Waals surface area contributed by atoms with Crippen LogP contribution in [0.15, 0.2) is 42.7 Å². The number of nitrogens with zero attached hydrogens (tertiary/aromatic N) is 4. The van der Waals surface area contributed by atoms with Crippen LogP contribution in [-0.4, -0.2) is 56.3 Å². The minimum Gasteiger partial charge on any atom is -0.444 e. The summed E-state index contributed by atoms with van der Waals surface area (Å²) in [6.45, 7) is 5.46. The lowest BCUT2D eigenvalue weighted by Crippen LogP contribution is -2.36. The van der Waals surface area contributed by atoms with Gasteiger partial charge in [-0.05, 0) is 39.0 Å². The van der Waals surface area contributed by atoms with Gasteiger partial charge in [-0.2, -0.15) is 0 Å². The van der Waals surface area contributed by atoms with Crippen molar-refractivity contribution in [3.8, 4) is 11.4 Å². The quantitative estimate of drug-likeness (QED) is 0.702. The van der Waals surface area contributed by atoms with Crippen molar-refractivity contribution in [1.82, 2.24) is 19.3 Å². The number of carbonyl (C=O) groups is 1. The van der Waals surface area contributed by atoms with E-state index in [-0.39, 0.29) is 18.9 Å². The van der Waals surface area contributed by atoms with Crippen LogP contribution in [-0.2, 0) is 4.74 Å². The van der Waals surface area contributed by atoms with Crippen LogP contribution in [0.2, 0.25) is 0 Å². The van der Waals surface area contributed by atoms with E-state index in [9.17, 15) is 13.6 Å². The molecule has 4 heterocycles. The van der Waals surface area contributed by atoms with Crippen LogP contribution in [0.25, 0.3) is 17.0 Å². The molecule has 0 saturated carbocycles. The smallest absolute Gasteiger partial charge is 0.410 e. The summed E-state index contributed by atoms with van der Waals surface area (Å²) in [5, 5.41) is 3.07. The molecule has 3 aromatic heterocycles. The van der Waals surface area contributed by atoms with Gasteiger partial charge in [0.15, 0.2) is 0 Å². The Hall–Kier alpha value is -3.23. The van der Waals surface area contributed by atoms with Gasteiger partial charge in [0.1, 0.15) is 29.1 Å². The van der Waals surface area contributed by atoms with E-state index in [1.165, 1.54) is 17.0 Å². The summed E-state index contributed by atoms with van der Waals surface area (Å²) in [5.74, 6) is 0.107. The van der Waals surface area contributed by atoms with Crippen LogP contribution in [0.4, 0.5) is 19.4 Å². The molecule has 4 rings (SSSR count). The molecule has 1 N–H and O–H groups in total. The molecule has 2 atom stereocenters. The molecule has 0 spiro atoms. The standard InChI is InChI=1S/C21H23F2N5O2/c1-21(2,3)30-20(29)27-11-14(23)16(12-27)26-18-6-4-5-15(25-18)17-10-24-19-9-13(22)7-8-28(17)19/h4-10,14,16H,11-12H2,1-3H3,(H,25,26)/t14-,16-/m0/s1. The van der Waals surface area contributed by atoms with Gasteiger partial charge in [0.25, 0.3) is 0 Å². The summed E-state index contributed by atoms with van der Waals surface area (Å²) in [6.07, 6.45) is 1.41. The highest BCUT2D eigenvalue weighted by Gasteiger charge is 2.37.